The lowest BCUT2D eigenvalue weighted by Gasteiger charge is -2.06. The summed E-state index contributed by atoms with van der Waals surface area (Å²) in [7, 11) is 0. The predicted molar refractivity (Wildman–Crippen MR) is 68.8 cm³/mol. The summed E-state index contributed by atoms with van der Waals surface area (Å²) < 4.78 is 1.76. The Balaban J connectivity index is 2.30. The number of benzene rings is 1. The molecule has 1 N–H and O–H groups in total. The normalized spacial score (nSPS) is 10.6. The Kier molecular flexibility index (Phi) is 3.46. The quantitative estimate of drug-likeness (QED) is 0.899. The van der Waals surface area contributed by atoms with Gasteiger partial charge in [-0.1, -0.05) is 36.8 Å². The lowest BCUT2D eigenvalue weighted by atomic mass is 10.1. The first kappa shape index (κ1) is 12.4. The standard InChI is InChI=1S/C14H16N2O2/c1-3-12-8-13(14(17)18)15-16(12)9-11-6-4-5-10(2)7-11/h4-8H,3,9H2,1-2H3,(H,17,18). The van der Waals surface area contributed by atoms with Crippen LogP contribution in [0.25, 0.3) is 0 Å². The molecule has 1 heterocycles. The van der Waals surface area contributed by atoms with Crippen LogP contribution in [0.15, 0.2) is 30.3 Å². The molecule has 0 unspecified atom stereocenters. The molecule has 0 radical (unpaired) electrons. The Morgan fingerprint density at radius 3 is 2.78 bits per heavy atom. The minimum atomic E-state index is -0.979. The molecule has 0 bridgehead atoms. The fourth-order valence-corrected chi connectivity index (χ4v) is 1.96. The topological polar surface area (TPSA) is 55.1 Å². The van der Waals surface area contributed by atoms with E-state index in [9.17, 15) is 4.79 Å². The third-order valence-electron chi connectivity index (χ3n) is 2.86. The molecule has 0 saturated carbocycles. The summed E-state index contributed by atoms with van der Waals surface area (Å²) in [5, 5.41) is 13.1. The van der Waals surface area contributed by atoms with Crippen molar-refractivity contribution in [3.8, 4) is 0 Å². The van der Waals surface area contributed by atoms with Crippen LogP contribution < -0.4 is 0 Å². The molecule has 1 aromatic carbocycles. The largest absolute Gasteiger partial charge is 0.476 e. The average Bonchev–Trinajstić information content (AvgIpc) is 2.72. The number of rotatable bonds is 4. The van der Waals surface area contributed by atoms with E-state index in [0.717, 1.165) is 17.7 Å². The maximum Gasteiger partial charge on any atom is 0.356 e. The SMILES string of the molecule is CCc1cc(C(=O)O)nn1Cc1cccc(C)c1. The molecule has 1 aromatic heterocycles. The number of carboxylic acid groups (broad SMARTS) is 1. The highest BCUT2D eigenvalue weighted by atomic mass is 16.4. The van der Waals surface area contributed by atoms with E-state index in [1.54, 1.807) is 10.7 Å². The van der Waals surface area contributed by atoms with Crippen molar-refractivity contribution in [2.24, 2.45) is 0 Å². The number of aromatic nitrogens is 2. The summed E-state index contributed by atoms with van der Waals surface area (Å²) in [5.74, 6) is -0.979. The van der Waals surface area contributed by atoms with E-state index in [1.807, 2.05) is 32.0 Å². The molecule has 2 aromatic rings. The number of hydrogen-bond acceptors (Lipinski definition) is 2. The van der Waals surface area contributed by atoms with Crippen LogP contribution in [0.1, 0.15) is 34.2 Å². The van der Waals surface area contributed by atoms with E-state index < -0.39 is 5.97 Å². The summed E-state index contributed by atoms with van der Waals surface area (Å²) in [4.78, 5) is 10.9. The van der Waals surface area contributed by atoms with Crippen molar-refractivity contribution in [3.63, 3.8) is 0 Å². The maximum absolute atomic E-state index is 10.9. The Bertz CT molecular complexity index is 573. The van der Waals surface area contributed by atoms with Crippen LogP contribution in [0, 0.1) is 6.92 Å². The van der Waals surface area contributed by atoms with Crippen molar-refractivity contribution in [3.05, 3.63) is 52.8 Å². The van der Waals surface area contributed by atoms with Gasteiger partial charge in [-0.15, -0.1) is 0 Å². The van der Waals surface area contributed by atoms with Gasteiger partial charge in [0.1, 0.15) is 0 Å². The van der Waals surface area contributed by atoms with Crippen LogP contribution in [0.5, 0.6) is 0 Å². The van der Waals surface area contributed by atoms with Crippen LogP contribution in [0.4, 0.5) is 0 Å². The zero-order chi connectivity index (χ0) is 13.1. The lowest BCUT2D eigenvalue weighted by Crippen LogP contribution is -2.07. The zero-order valence-electron chi connectivity index (χ0n) is 10.6. The van der Waals surface area contributed by atoms with Crippen molar-refractivity contribution in [2.45, 2.75) is 26.8 Å². The second-order valence-electron chi connectivity index (χ2n) is 4.33. The Hall–Kier alpha value is -2.10. The highest BCUT2D eigenvalue weighted by Crippen LogP contribution is 2.11. The molecule has 0 aliphatic carbocycles. The van der Waals surface area contributed by atoms with Gasteiger partial charge < -0.3 is 5.11 Å². The highest BCUT2D eigenvalue weighted by molar-refractivity contribution is 5.85. The van der Waals surface area contributed by atoms with Gasteiger partial charge in [-0.3, -0.25) is 4.68 Å². The molecule has 0 saturated heterocycles. The molecule has 4 heteroatoms. The van der Waals surface area contributed by atoms with Gasteiger partial charge in [-0.05, 0) is 25.0 Å². The van der Waals surface area contributed by atoms with Gasteiger partial charge in [-0.2, -0.15) is 5.10 Å². The second-order valence-corrected chi connectivity index (χ2v) is 4.33. The predicted octanol–water partition coefficient (Wildman–Crippen LogP) is 2.50. The monoisotopic (exact) mass is 244 g/mol. The molecule has 0 aliphatic rings. The van der Waals surface area contributed by atoms with E-state index in [-0.39, 0.29) is 5.69 Å². The Morgan fingerprint density at radius 1 is 1.39 bits per heavy atom. The molecule has 18 heavy (non-hydrogen) atoms. The smallest absolute Gasteiger partial charge is 0.356 e. The Labute approximate surface area is 106 Å². The first-order valence-corrected chi connectivity index (χ1v) is 5.95. The van der Waals surface area contributed by atoms with E-state index in [2.05, 4.69) is 11.2 Å². The molecule has 0 aliphatic heterocycles. The molecule has 0 spiro atoms. The highest BCUT2D eigenvalue weighted by Gasteiger charge is 2.12. The summed E-state index contributed by atoms with van der Waals surface area (Å²) in [5.41, 5.74) is 3.37. The van der Waals surface area contributed by atoms with Gasteiger partial charge in [0, 0.05) is 5.69 Å². The van der Waals surface area contributed by atoms with Crippen LogP contribution in [-0.2, 0) is 13.0 Å². The fourth-order valence-electron chi connectivity index (χ4n) is 1.96. The molecule has 0 fully saturated rings. The zero-order valence-corrected chi connectivity index (χ0v) is 10.6. The first-order valence-electron chi connectivity index (χ1n) is 5.95. The minimum absolute atomic E-state index is 0.111. The molecule has 94 valence electrons. The van der Waals surface area contributed by atoms with Crippen LogP contribution in [0.3, 0.4) is 0 Å². The van der Waals surface area contributed by atoms with E-state index in [0.29, 0.717) is 6.54 Å². The average molecular weight is 244 g/mol. The van der Waals surface area contributed by atoms with Gasteiger partial charge in [-0.25, -0.2) is 4.79 Å². The number of carboxylic acids is 1. The molecular weight excluding hydrogens is 228 g/mol. The molecular formula is C14H16N2O2. The first-order chi connectivity index (χ1) is 8.60. The van der Waals surface area contributed by atoms with E-state index >= 15 is 0 Å². The number of aryl methyl sites for hydroxylation is 2. The third-order valence-corrected chi connectivity index (χ3v) is 2.86. The number of nitrogens with zero attached hydrogens (tertiary/aromatic N) is 2. The summed E-state index contributed by atoms with van der Waals surface area (Å²) >= 11 is 0. The second kappa shape index (κ2) is 5.04. The molecule has 2 rings (SSSR count). The number of carbonyl (C=O) groups is 1. The van der Waals surface area contributed by atoms with Crippen molar-refractivity contribution >= 4 is 5.97 Å². The summed E-state index contributed by atoms with van der Waals surface area (Å²) in [6.07, 6.45) is 0.770. The van der Waals surface area contributed by atoms with Crippen LogP contribution in [-0.4, -0.2) is 20.9 Å². The van der Waals surface area contributed by atoms with Crippen molar-refractivity contribution in [2.75, 3.05) is 0 Å². The molecule has 0 atom stereocenters. The van der Waals surface area contributed by atoms with Crippen molar-refractivity contribution in [1.82, 2.24) is 9.78 Å². The van der Waals surface area contributed by atoms with Crippen molar-refractivity contribution in [1.29, 1.82) is 0 Å². The van der Waals surface area contributed by atoms with Gasteiger partial charge in [0.05, 0.1) is 6.54 Å². The number of aromatic carboxylic acids is 1. The summed E-state index contributed by atoms with van der Waals surface area (Å²) in [6, 6.07) is 9.78. The van der Waals surface area contributed by atoms with Gasteiger partial charge in [0.15, 0.2) is 5.69 Å². The third kappa shape index (κ3) is 2.59. The lowest BCUT2D eigenvalue weighted by molar-refractivity contribution is 0.0689. The van der Waals surface area contributed by atoms with E-state index in [1.165, 1.54) is 5.56 Å². The van der Waals surface area contributed by atoms with Crippen molar-refractivity contribution < 1.29 is 9.90 Å². The van der Waals surface area contributed by atoms with Gasteiger partial charge >= 0.3 is 5.97 Å². The summed E-state index contributed by atoms with van der Waals surface area (Å²) in [6.45, 7) is 4.64. The Morgan fingerprint density at radius 2 is 2.17 bits per heavy atom. The van der Waals surface area contributed by atoms with Gasteiger partial charge in [0.2, 0.25) is 0 Å². The number of hydrogen-bond donors (Lipinski definition) is 1. The van der Waals surface area contributed by atoms with E-state index in [4.69, 9.17) is 5.11 Å². The van der Waals surface area contributed by atoms with Gasteiger partial charge in [0.25, 0.3) is 0 Å². The molecule has 0 amide bonds. The molecule has 4 nitrogen and oxygen atoms in total. The van der Waals surface area contributed by atoms with Crippen LogP contribution >= 0.6 is 0 Å². The minimum Gasteiger partial charge on any atom is -0.476 e. The maximum atomic E-state index is 10.9. The van der Waals surface area contributed by atoms with Crippen LogP contribution in [0.2, 0.25) is 0 Å². The fraction of sp³-hybridized carbons (Fsp3) is 0.286.